The van der Waals surface area contributed by atoms with Gasteiger partial charge in [0.05, 0.1) is 7.11 Å². The summed E-state index contributed by atoms with van der Waals surface area (Å²) in [6, 6.07) is 7.03. The van der Waals surface area contributed by atoms with Crippen molar-refractivity contribution in [2.24, 2.45) is 0 Å². The van der Waals surface area contributed by atoms with Crippen LogP contribution in [0.15, 0.2) is 30.6 Å². The Morgan fingerprint density at radius 1 is 1.12 bits per heavy atom. The number of anilines is 1. The lowest BCUT2D eigenvalue weighted by atomic mass is 10.3. The third-order valence-electron chi connectivity index (χ3n) is 2.07. The number of ether oxygens (including phenoxy) is 2. The Morgan fingerprint density at radius 2 is 1.76 bits per heavy atom. The SMILES string of the molecule is COc1ccc(Oc2ncnc(Cl)c2N)cc1. The quantitative estimate of drug-likeness (QED) is 0.849. The fourth-order valence-corrected chi connectivity index (χ4v) is 1.32. The van der Waals surface area contributed by atoms with E-state index in [4.69, 9.17) is 26.8 Å². The smallest absolute Gasteiger partial charge is 0.247 e. The van der Waals surface area contributed by atoms with Gasteiger partial charge in [0, 0.05) is 0 Å². The maximum atomic E-state index is 5.75. The lowest BCUT2D eigenvalue weighted by molar-refractivity contribution is 0.412. The van der Waals surface area contributed by atoms with Crippen molar-refractivity contribution in [3.05, 3.63) is 35.7 Å². The van der Waals surface area contributed by atoms with Gasteiger partial charge in [-0.25, -0.2) is 4.98 Å². The van der Waals surface area contributed by atoms with E-state index in [0.717, 1.165) is 5.75 Å². The Morgan fingerprint density at radius 3 is 2.41 bits per heavy atom. The maximum Gasteiger partial charge on any atom is 0.247 e. The fourth-order valence-electron chi connectivity index (χ4n) is 1.20. The third-order valence-corrected chi connectivity index (χ3v) is 2.37. The van der Waals surface area contributed by atoms with E-state index < -0.39 is 0 Å². The van der Waals surface area contributed by atoms with E-state index in [1.165, 1.54) is 6.33 Å². The predicted octanol–water partition coefficient (Wildman–Crippen LogP) is 2.51. The van der Waals surface area contributed by atoms with Crippen LogP contribution in [0.2, 0.25) is 5.15 Å². The molecule has 0 atom stereocenters. The van der Waals surface area contributed by atoms with E-state index in [-0.39, 0.29) is 16.7 Å². The van der Waals surface area contributed by atoms with Gasteiger partial charge in [-0.2, -0.15) is 4.98 Å². The van der Waals surface area contributed by atoms with E-state index in [0.29, 0.717) is 5.75 Å². The van der Waals surface area contributed by atoms with Gasteiger partial charge in [-0.1, -0.05) is 11.6 Å². The first-order chi connectivity index (χ1) is 8.20. The Kier molecular flexibility index (Phi) is 3.30. The highest BCUT2D eigenvalue weighted by Gasteiger charge is 2.08. The molecule has 88 valence electrons. The standard InChI is InChI=1S/C11H10ClN3O2/c1-16-7-2-4-8(5-3-7)17-11-9(13)10(12)14-6-15-11/h2-6H,13H2,1H3. The maximum absolute atomic E-state index is 5.75. The first-order valence-electron chi connectivity index (χ1n) is 4.78. The van der Waals surface area contributed by atoms with Crippen LogP contribution in [0.25, 0.3) is 0 Å². The molecule has 0 bridgehead atoms. The molecule has 0 radical (unpaired) electrons. The second kappa shape index (κ2) is 4.88. The molecule has 2 N–H and O–H groups in total. The lowest BCUT2D eigenvalue weighted by Crippen LogP contribution is -1.97. The zero-order valence-corrected chi connectivity index (χ0v) is 9.81. The molecule has 0 aliphatic rings. The number of nitrogen functional groups attached to an aromatic ring is 1. The summed E-state index contributed by atoms with van der Waals surface area (Å²) < 4.78 is 10.5. The van der Waals surface area contributed by atoms with Crippen LogP contribution in [-0.4, -0.2) is 17.1 Å². The molecular formula is C11H10ClN3O2. The molecule has 0 saturated heterocycles. The van der Waals surface area contributed by atoms with Crippen LogP contribution in [0.3, 0.4) is 0 Å². The molecule has 0 amide bonds. The van der Waals surface area contributed by atoms with Crippen LogP contribution in [0, 0.1) is 0 Å². The highest BCUT2D eigenvalue weighted by Crippen LogP contribution is 2.29. The number of nitrogens with two attached hydrogens (primary N) is 1. The van der Waals surface area contributed by atoms with Crippen molar-refractivity contribution in [1.82, 2.24) is 9.97 Å². The second-order valence-corrected chi connectivity index (χ2v) is 3.52. The van der Waals surface area contributed by atoms with Gasteiger partial charge in [0.2, 0.25) is 5.88 Å². The number of hydrogen-bond acceptors (Lipinski definition) is 5. The Labute approximate surface area is 103 Å². The number of methoxy groups -OCH3 is 1. The molecule has 1 heterocycles. The summed E-state index contributed by atoms with van der Waals surface area (Å²) in [4.78, 5) is 7.64. The molecule has 0 aliphatic heterocycles. The van der Waals surface area contributed by atoms with Crippen LogP contribution in [-0.2, 0) is 0 Å². The minimum atomic E-state index is 0.170. The summed E-state index contributed by atoms with van der Waals surface area (Å²) in [5.41, 5.74) is 5.89. The van der Waals surface area contributed by atoms with Gasteiger partial charge < -0.3 is 15.2 Å². The van der Waals surface area contributed by atoms with Crippen LogP contribution >= 0.6 is 11.6 Å². The molecule has 0 unspecified atom stereocenters. The number of hydrogen-bond donors (Lipinski definition) is 1. The van der Waals surface area contributed by atoms with Crippen LogP contribution in [0.1, 0.15) is 0 Å². The van der Waals surface area contributed by atoms with E-state index in [2.05, 4.69) is 9.97 Å². The molecule has 0 saturated carbocycles. The topological polar surface area (TPSA) is 70.3 Å². The average molecular weight is 252 g/mol. The number of aromatic nitrogens is 2. The number of nitrogens with zero attached hydrogens (tertiary/aromatic N) is 2. The Balaban J connectivity index is 2.22. The van der Waals surface area contributed by atoms with Gasteiger partial charge in [-0.15, -0.1) is 0 Å². The molecule has 5 nitrogen and oxygen atoms in total. The van der Waals surface area contributed by atoms with Gasteiger partial charge in [0.25, 0.3) is 0 Å². The molecule has 6 heteroatoms. The zero-order chi connectivity index (χ0) is 12.3. The van der Waals surface area contributed by atoms with E-state index in [1.54, 1.807) is 31.4 Å². The minimum absolute atomic E-state index is 0.170. The van der Waals surface area contributed by atoms with Gasteiger partial charge in [0.15, 0.2) is 5.15 Å². The highest BCUT2D eigenvalue weighted by molar-refractivity contribution is 6.32. The van der Waals surface area contributed by atoms with Crippen molar-refractivity contribution in [3.63, 3.8) is 0 Å². The summed E-state index contributed by atoms with van der Waals surface area (Å²) in [5.74, 6) is 1.56. The summed E-state index contributed by atoms with van der Waals surface area (Å²) in [7, 11) is 1.60. The van der Waals surface area contributed by atoms with Gasteiger partial charge in [-0.3, -0.25) is 0 Å². The van der Waals surface area contributed by atoms with Crippen molar-refractivity contribution in [2.45, 2.75) is 0 Å². The van der Waals surface area contributed by atoms with Crippen molar-refractivity contribution < 1.29 is 9.47 Å². The van der Waals surface area contributed by atoms with Crippen molar-refractivity contribution in [3.8, 4) is 17.4 Å². The molecule has 0 spiro atoms. The molecule has 0 aliphatic carbocycles. The summed E-state index contributed by atoms with van der Waals surface area (Å²) >= 11 is 5.75. The molecule has 2 rings (SSSR count). The molecule has 1 aromatic carbocycles. The second-order valence-electron chi connectivity index (χ2n) is 3.16. The number of benzene rings is 1. The Bertz CT molecular complexity index is 517. The Hall–Kier alpha value is -2.01. The van der Waals surface area contributed by atoms with Crippen LogP contribution < -0.4 is 15.2 Å². The van der Waals surface area contributed by atoms with Crippen molar-refractivity contribution in [1.29, 1.82) is 0 Å². The third kappa shape index (κ3) is 2.57. The normalized spacial score (nSPS) is 10.0. The van der Waals surface area contributed by atoms with Crippen LogP contribution in [0.4, 0.5) is 5.69 Å². The minimum Gasteiger partial charge on any atom is -0.497 e. The predicted molar refractivity (Wildman–Crippen MR) is 64.5 cm³/mol. The molecular weight excluding hydrogens is 242 g/mol. The molecule has 17 heavy (non-hydrogen) atoms. The molecule has 0 fully saturated rings. The van der Waals surface area contributed by atoms with Crippen molar-refractivity contribution >= 4 is 17.3 Å². The number of halogens is 1. The van der Waals surface area contributed by atoms with E-state index in [9.17, 15) is 0 Å². The fraction of sp³-hybridized carbons (Fsp3) is 0.0909. The van der Waals surface area contributed by atoms with E-state index in [1.807, 2.05) is 0 Å². The number of rotatable bonds is 3. The van der Waals surface area contributed by atoms with Gasteiger partial charge in [-0.05, 0) is 24.3 Å². The summed E-state index contributed by atoms with van der Waals surface area (Å²) in [6.07, 6.45) is 1.29. The van der Waals surface area contributed by atoms with Crippen molar-refractivity contribution in [2.75, 3.05) is 12.8 Å². The molecule has 1 aromatic heterocycles. The van der Waals surface area contributed by atoms with Gasteiger partial charge in [0.1, 0.15) is 23.5 Å². The molecule has 2 aromatic rings. The summed E-state index contributed by atoms with van der Waals surface area (Å²) in [6.45, 7) is 0. The largest absolute Gasteiger partial charge is 0.497 e. The lowest BCUT2D eigenvalue weighted by Gasteiger charge is -2.07. The zero-order valence-electron chi connectivity index (χ0n) is 9.05. The average Bonchev–Trinajstić information content (AvgIpc) is 2.36. The first kappa shape index (κ1) is 11.5. The van der Waals surface area contributed by atoms with Gasteiger partial charge >= 0.3 is 0 Å². The first-order valence-corrected chi connectivity index (χ1v) is 5.16. The highest BCUT2D eigenvalue weighted by atomic mass is 35.5. The van der Waals surface area contributed by atoms with E-state index >= 15 is 0 Å². The van der Waals surface area contributed by atoms with Crippen LogP contribution in [0.5, 0.6) is 17.4 Å². The summed E-state index contributed by atoms with van der Waals surface area (Å²) in [5, 5.41) is 0.170. The monoisotopic (exact) mass is 251 g/mol.